The van der Waals surface area contributed by atoms with Crippen molar-refractivity contribution in [2.24, 2.45) is 0 Å². The van der Waals surface area contributed by atoms with Crippen molar-refractivity contribution in [1.82, 2.24) is 0 Å². The van der Waals surface area contributed by atoms with E-state index >= 15 is 0 Å². The third-order valence-electron chi connectivity index (χ3n) is 14.2. The zero-order valence-electron chi connectivity index (χ0n) is 47.3. The van der Waals surface area contributed by atoms with Crippen LogP contribution in [0.4, 0.5) is 0 Å². The molecule has 1 atom stereocenters. The maximum Gasteiger partial charge on any atom is 0.306 e. The molecule has 70 heavy (non-hydrogen) atoms. The van der Waals surface area contributed by atoms with E-state index in [0.29, 0.717) is 19.3 Å². The average Bonchev–Trinajstić information content (AvgIpc) is 3.36. The standard InChI is InChI=1S/C64H120O6/c1-4-7-10-13-16-19-22-25-28-30-31-32-33-35-36-39-42-45-48-51-54-57-63(66)69-60-61(59-68-62(65)56-53-50-47-44-41-38-27-24-21-18-15-12-9-6-3)70-64(67)58-55-52-49-46-43-40-37-34-29-26-23-20-17-14-11-8-5-2/h17,20,26,29,61H,4-16,18-19,21-25,27-28,30-60H2,1-3H3/b20-17-,29-26-. The smallest absolute Gasteiger partial charge is 0.306 e. The third-order valence-corrected chi connectivity index (χ3v) is 14.2. The van der Waals surface area contributed by atoms with Gasteiger partial charge < -0.3 is 14.2 Å². The van der Waals surface area contributed by atoms with Gasteiger partial charge in [-0.2, -0.15) is 0 Å². The van der Waals surface area contributed by atoms with Crippen molar-refractivity contribution in [1.29, 1.82) is 0 Å². The Bertz CT molecular complexity index is 1130. The maximum atomic E-state index is 12.9. The van der Waals surface area contributed by atoms with Crippen LogP contribution in [0.2, 0.25) is 0 Å². The highest BCUT2D eigenvalue weighted by Crippen LogP contribution is 2.18. The molecule has 0 saturated carbocycles. The second kappa shape index (κ2) is 59.5. The molecule has 0 amide bonds. The molecule has 0 aliphatic carbocycles. The topological polar surface area (TPSA) is 78.9 Å². The fraction of sp³-hybridized carbons (Fsp3) is 0.891. The number of hydrogen-bond acceptors (Lipinski definition) is 6. The van der Waals surface area contributed by atoms with E-state index in [4.69, 9.17) is 14.2 Å². The normalized spacial score (nSPS) is 12.1. The molecular formula is C64H120O6. The summed E-state index contributed by atoms with van der Waals surface area (Å²) in [4.78, 5) is 38.3. The van der Waals surface area contributed by atoms with Crippen molar-refractivity contribution in [3.8, 4) is 0 Å². The van der Waals surface area contributed by atoms with Crippen LogP contribution >= 0.6 is 0 Å². The summed E-state index contributed by atoms with van der Waals surface area (Å²) in [7, 11) is 0. The van der Waals surface area contributed by atoms with Crippen molar-refractivity contribution in [2.75, 3.05) is 13.2 Å². The van der Waals surface area contributed by atoms with Crippen LogP contribution in [0.15, 0.2) is 24.3 Å². The van der Waals surface area contributed by atoms with Crippen LogP contribution in [0.3, 0.4) is 0 Å². The first-order valence-electron chi connectivity index (χ1n) is 31.3. The number of allylic oxidation sites excluding steroid dienone is 4. The zero-order chi connectivity index (χ0) is 50.7. The van der Waals surface area contributed by atoms with Gasteiger partial charge in [0.05, 0.1) is 0 Å². The molecule has 6 heteroatoms. The van der Waals surface area contributed by atoms with Crippen LogP contribution in [-0.4, -0.2) is 37.2 Å². The maximum absolute atomic E-state index is 12.9. The number of rotatable bonds is 58. The highest BCUT2D eigenvalue weighted by Gasteiger charge is 2.19. The van der Waals surface area contributed by atoms with E-state index in [-0.39, 0.29) is 31.1 Å². The van der Waals surface area contributed by atoms with E-state index in [2.05, 4.69) is 45.1 Å². The lowest BCUT2D eigenvalue weighted by molar-refractivity contribution is -0.167. The van der Waals surface area contributed by atoms with E-state index in [9.17, 15) is 14.4 Å². The van der Waals surface area contributed by atoms with E-state index < -0.39 is 6.10 Å². The highest BCUT2D eigenvalue weighted by atomic mass is 16.6. The van der Waals surface area contributed by atoms with Gasteiger partial charge in [0.25, 0.3) is 0 Å². The number of hydrogen-bond donors (Lipinski definition) is 0. The van der Waals surface area contributed by atoms with Crippen molar-refractivity contribution >= 4 is 17.9 Å². The van der Waals surface area contributed by atoms with Gasteiger partial charge in [0.1, 0.15) is 13.2 Å². The Morgan fingerprint density at radius 2 is 0.514 bits per heavy atom. The summed E-state index contributed by atoms with van der Waals surface area (Å²) < 4.78 is 16.9. The first kappa shape index (κ1) is 67.9. The monoisotopic (exact) mass is 985 g/mol. The minimum Gasteiger partial charge on any atom is -0.462 e. The number of unbranched alkanes of at least 4 members (excludes halogenated alkanes) is 43. The Morgan fingerprint density at radius 1 is 0.286 bits per heavy atom. The Hall–Kier alpha value is -2.11. The quantitative estimate of drug-likeness (QED) is 0.0261. The lowest BCUT2D eigenvalue weighted by Crippen LogP contribution is -2.30. The van der Waals surface area contributed by atoms with Crippen molar-refractivity contribution in [3.05, 3.63) is 24.3 Å². The number of esters is 3. The van der Waals surface area contributed by atoms with Crippen LogP contribution in [0.25, 0.3) is 0 Å². The summed E-state index contributed by atoms with van der Waals surface area (Å²) in [5.41, 5.74) is 0. The molecule has 0 aromatic rings. The first-order valence-corrected chi connectivity index (χ1v) is 31.3. The molecule has 412 valence electrons. The molecular weight excluding hydrogens is 865 g/mol. The van der Waals surface area contributed by atoms with Gasteiger partial charge in [-0.15, -0.1) is 0 Å². The van der Waals surface area contributed by atoms with Gasteiger partial charge in [-0.1, -0.05) is 302 Å². The van der Waals surface area contributed by atoms with Gasteiger partial charge in [0, 0.05) is 19.3 Å². The SMILES string of the molecule is CCCCC/C=C\C/C=C\CCCCCCCCCC(=O)OC(COC(=O)CCCCCCCCCCCCCCCC)COC(=O)CCCCCCCCCCCCCCCCCCCCCCC. The first-order chi connectivity index (χ1) is 34.5. The van der Waals surface area contributed by atoms with Gasteiger partial charge in [-0.25, -0.2) is 0 Å². The summed E-state index contributed by atoms with van der Waals surface area (Å²) in [6, 6.07) is 0. The molecule has 0 radical (unpaired) electrons. The summed E-state index contributed by atoms with van der Waals surface area (Å²) >= 11 is 0. The Labute approximate surface area is 436 Å². The zero-order valence-corrected chi connectivity index (χ0v) is 47.3. The van der Waals surface area contributed by atoms with Gasteiger partial charge in [0.15, 0.2) is 6.10 Å². The van der Waals surface area contributed by atoms with Gasteiger partial charge in [-0.3, -0.25) is 14.4 Å². The number of ether oxygens (including phenoxy) is 3. The van der Waals surface area contributed by atoms with Gasteiger partial charge in [-0.05, 0) is 51.4 Å². The van der Waals surface area contributed by atoms with Crippen LogP contribution < -0.4 is 0 Å². The minimum atomic E-state index is -0.771. The third kappa shape index (κ3) is 56.8. The van der Waals surface area contributed by atoms with Crippen molar-refractivity contribution in [2.45, 2.75) is 354 Å². The molecule has 0 spiro atoms. The average molecular weight is 986 g/mol. The van der Waals surface area contributed by atoms with Crippen LogP contribution in [-0.2, 0) is 28.6 Å². The predicted molar refractivity (Wildman–Crippen MR) is 303 cm³/mol. The van der Waals surface area contributed by atoms with Crippen LogP contribution in [0.1, 0.15) is 348 Å². The molecule has 0 fully saturated rings. The predicted octanol–water partition coefficient (Wildman–Crippen LogP) is 21.1. The molecule has 1 unspecified atom stereocenters. The van der Waals surface area contributed by atoms with E-state index in [1.807, 2.05) is 0 Å². The van der Waals surface area contributed by atoms with Gasteiger partial charge >= 0.3 is 17.9 Å². The molecule has 0 aliphatic heterocycles. The molecule has 0 saturated heterocycles. The molecule has 0 aromatic carbocycles. The Balaban J connectivity index is 4.29. The minimum absolute atomic E-state index is 0.0686. The molecule has 0 heterocycles. The number of carbonyl (C=O) groups is 3. The lowest BCUT2D eigenvalue weighted by Gasteiger charge is -2.18. The highest BCUT2D eigenvalue weighted by molar-refractivity contribution is 5.71. The van der Waals surface area contributed by atoms with Crippen LogP contribution in [0, 0.1) is 0 Å². The van der Waals surface area contributed by atoms with Crippen molar-refractivity contribution in [3.63, 3.8) is 0 Å². The van der Waals surface area contributed by atoms with E-state index in [1.54, 1.807) is 0 Å². The molecule has 0 bridgehead atoms. The lowest BCUT2D eigenvalue weighted by atomic mass is 10.0. The second-order valence-electron chi connectivity index (χ2n) is 21.3. The molecule has 0 rings (SSSR count). The number of carbonyl (C=O) groups excluding carboxylic acids is 3. The summed E-state index contributed by atoms with van der Waals surface area (Å²) in [5, 5.41) is 0. The molecule has 0 aliphatic rings. The second-order valence-corrected chi connectivity index (χ2v) is 21.3. The van der Waals surface area contributed by atoms with E-state index in [1.165, 1.54) is 238 Å². The Kier molecular flexibility index (Phi) is 57.7. The largest absolute Gasteiger partial charge is 0.462 e. The summed E-state index contributed by atoms with van der Waals surface area (Å²) in [6.45, 7) is 6.67. The summed E-state index contributed by atoms with van der Waals surface area (Å²) in [5.74, 6) is -0.850. The molecule has 6 nitrogen and oxygen atoms in total. The Morgan fingerprint density at radius 3 is 0.814 bits per heavy atom. The molecule has 0 aromatic heterocycles. The van der Waals surface area contributed by atoms with Crippen LogP contribution in [0.5, 0.6) is 0 Å². The van der Waals surface area contributed by atoms with Crippen molar-refractivity contribution < 1.29 is 28.6 Å². The fourth-order valence-corrected chi connectivity index (χ4v) is 9.48. The van der Waals surface area contributed by atoms with E-state index in [0.717, 1.165) is 70.6 Å². The fourth-order valence-electron chi connectivity index (χ4n) is 9.48. The van der Waals surface area contributed by atoms with Gasteiger partial charge in [0.2, 0.25) is 0 Å². The molecule has 0 N–H and O–H groups in total. The summed E-state index contributed by atoms with van der Waals surface area (Å²) in [6.07, 6.45) is 70.3.